The molecule has 3 aliphatic heterocycles. The summed E-state index contributed by atoms with van der Waals surface area (Å²) in [6.07, 6.45) is 2.53. The van der Waals surface area contributed by atoms with Gasteiger partial charge in [0.05, 0.1) is 11.7 Å². The minimum atomic E-state index is 0.425. The normalized spacial score (nSPS) is 33.2. The Labute approximate surface area is 100 Å². The lowest BCUT2D eigenvalue weighted by atomic mass is 9.84. The lowest BCUT2D eigenvalue weighted by molar-refractivity contribution is 0.0522. The van der Waals surface area contributed by atoms with Crippen molar-refractivity contribution in [1.82, 2.24) is 14.7 Å². The summed E-state index contributed by atoms with van der Waals surface area (Å²) < 4.78 is 1.95. The number of piperidine rings is 3. The molecule has 0 spiro atoms. The summed E-state index contributed by atoms with van der Waals surface area (Å²) in [5.41, 5.74) is 6.86. The number of nitrogens with two attached hydrogens (primary N) is 1. The van der Waals surface area contributed by atoms with E-state index in [1.165, 1.54) is 25.9 Å². The summed E-state index contributed by atoms with van der Waals surface area (Å²) in [5, 5.41) is 5.11. The van der Waals surface area contributed by atoms with Gasteiger partial charge >= 0.3 is 0 Å². The zero-order valence-corrected chi connectivity index (χ0v) is 10.2. The molecule has 4 heterocycles. The maximum atomic E-state index is 6.10. The molecule has 3 aliphatic rings. The molecule has 0 aliphatic carbocycles. The van der Waals surface area contributed by atoms with Crippen molar-refractivity contribution < 1.29 is 0 Å². The molecule has 4 nitrogen and oxygen atoms in total. The second-order valence-electron chi connectivity index (χ2n) is 4.93. The lowest BCUT2D eigenvalue weighted by Crippen LogP contribution is -2.48. The first-order valence-electron chi connectivity index (χ1n) is 5.89. The number of hydrogen-bond donors (Lipinski definition) is 1. The van der Waals surface area contributed by atoms with Crippen LogP contribution in [0.5, 0.6) is 0 Å². The van der Waals surface area contributed by atoms with Crippen LogP contribution in [0.15, 0.2) is 0 Å². The average molecular weight is 241 g/mol. The smallest absolute Gasteiger partial charge is 0.141 e. The van der Waals surface area contributed by atoms with E-state index in [1.807, 2.05) is 11.6 Å². The van der Waals surface area contributed by atoms with Crippen LogP contribution in [0.2, 0.25) is 5.02 Å². The van der Waals surface area contributed by atoms with E-state index >= 15 is 0 Å². The van der Waals surface area contributed by atoms with Gasteiger partial charge in [-0.05, 0) is 38.8 Å². The fourth-order valence-electron chi connectivity index (χ4n) is 3.01. The van der Waals surface area contributed by atoms with Gasteiger partial charge in [0.15, 0.2) is 0 Å². The van der Waals surface area contributed by atoms with Crippen LogP contribution in [-0.4, -0.2) is 34.3 Å². The van der Waals surface area contributed by atoms with E-state index in [9.17, 15) is 0 Å². The van der Waals surface area contributed by atoms with Crippen molar-refractivity contribution in [2.45, 2.75) is 25.8 Å². The number of aromatic nitrogens is 2. The highest BCUT2D eigenvalue weighted by molar-refractivity contribution is 6.33. The van der Waals surface area contributed by atoms with E-state index in [1.54, 1.807) is 0 Å². The van der Waals surface area contributed by atoms with Gasteiger partial charge in [0, 0.05) is 6.54 Å². The Morgan fingerprint density at radius 3 is 2.50 bits per heavy atom. The largest absolute Gasteiger partial charge is 0.383 e. The van der Waals surface area contributed by atoms with Crippen LogP contribution in [0.3, 0.4) is 0 Å². The molecule has 3 saturated heterocycles. The van der Waals surface area contributed by atoms with E-state index in [0.717, 1.165) is 18.2 Å². The lowest BCUT2D eigenvalue weighted by Gasteiger charge is -2.44. The van der Waals surface area contributed by atoms with Crippen LogP contribution in [0.25, 0.3) is 0 Å². The van der Waals surface area contributed by atoms with Gasteiger partial charge in [-0.15, -0.1) is 0 Å². The van der Waals surface area contributed by atoms with Crippen molar-refractivity contribution in [2.75, 3.05) is 25.4 Å². The highest BCUT2D eigenvalue weighted by Crippen LogP contribution is 2.38. The monoisotopic (exact) mass is 240 g/mol. The molecule has 3 fully saturated rings. The van der Waals surface area contributed by atoms with E-state index in [2.05, 4.69) is 10.00 Å². The predicted molar refractivity (Wildman–Crippen MR) is 64.6 cm³/mol. The average Bonchev–Trinajstić information content (AvgIpc) is 2.58. The SMILES string of the molecule is Cc1nn(C2CN3CCC2CC3)c(N)c1Cl. The first-order valence-corrected chi connectivity index (χ1v) is 6.27. The number of nitrogens with zero attached hydrogens (tertiary/aromatic N) is 3. The van der Waals surface area contributed by atoms with Gasteiger partial charge in [-0.3, -0.25) is 0 Å². The number of nitrogen functional groups attached to an aromatic ring is 1. The number of rotatable bonds is 1. The highest BCUT2D eigenvalue weighted by Gasteiger charge is 2.36. The molecule has 1 aromatic rings. The van der Waals surface area contributed by atoms with Crippen LogP contribution in [0, 0.1) is 12.8 Å². The zero-order valence-electron chi connectivity index (χ0n) is 9.49. The maximum Gasteiger partial charge on any atom is 0.141 e. The molecule has 88 valence electrons. The third kappa shape index (κ3) is 1.44. The molecular weight excluding hydrogens is 224 g/mol. The quantitative estimate of drug-likeness (QED) is 0.813. The Kier molecular flexibility index (Phi) is 2.37. The molecule has 5 heteroatoms. The van der Waals surface area contributed by atoms with Crippen molar-refractivity contribution in [2.24, 2.45) is 5.92 Å². The summed E-state index contributed by atoms with van der Waals surface area (Å²) in [5.74, 6) is 1.36. The Hall–Kier alpha value is -0.740. The van der Waals surface area contributed by atoms with Crippen molar-refractivity contribution in [3.8, 4) is 0 Å². The van der Waals surface area contributed by atoms with Gasteiger partial charge in [-0.25, -0.2) is 4.68 Å². The van der Waals surface area contributed by atoms with Crippen LogP contribution in [-0.2, 0) is 0 Å². The Bertz CT molecular complexity index is 406. The molecule has 0 saturated carbocycles. The third-order valence-electron chi connectivity index (χ3n) is 3.98. The van der Waals surface area contributed by atoms with Gasteiger partial charge in [-0.2, -0.15) is 5.10 Å². The Balaban J connectivity index is 1.95. The minimum Gasteiger partial charge on any atom is -0.383 e. The summed E-state index contributed by atoms with van der Waals surface area (Å²) in [6, 6.07) is 0.425. The van der Waals surface area contributed by atoms with E-state index in [-0.39, 0.29) is 0 Å². The molecule has 1 aromatic heterocycles. The van der Waals surface area contributed by atoms with Gasteiger partial charge in [-0.1, -0.05) is 11.6 Å². The first-order chi connectivity index (χ1) is 7.66. The van der Waals surface area contributed by atoms with E-state index < -0.39 is 0 Å². The Morgan fingerprint density at radius 2 is 2.06 bits per heavy atom. The minimum absolute atomic E-state index is 0.425. The highest BCUT2D eigenvalue weighted by atomic mass is 35.5. The van der Waals surface area contributed by atoms with Gasteiger partial charge in [0.2, 0.25) is 0 Å². The number of aryl methyl sites for hydroxylation is 1. The summed E-state index contributed by atoms with van der Waals surface area (Å²) in [4.78, 5) is 2.50. The molecule has 1 atom stereocenters. The van der Waals surface area contributed by atoms with E-state index in [0.29, 0.717) is 16.9 Å². The molecule has 16 heavy (non-hydrogen) atoms. The van der Waals surface area contributed by atoms with Gasteiger partial charge in [0.25, 0.3) is 0 Å². The van der Waals surface area contributed by atoms with Crippen molar-refractivity contribution in [3.63, 3.8) is 0 Å². The second kappa shape index (κ2) is 3.64. The number of anilines is 1. The van der Waals surface area contributed by atoms with Crippen LogP contribution >= 0.6 is 11.6 Å². The summed E-state index contributed by atoms with van der Waals surface area (Å²) >= 11 is 6.10. The van der Waals surface area contributed by atoms with Crippen LogP contribution in [0.1, 0.15) is 24.6 Å². The van der Waals surface area contributed by atoms with Gasteiger partial charge < -0.3 is 10.6 Å². The van der Waals surface area contributed by atoms with Crippen LogP contribution in [0.4, 0.5) is 5.82 Å². The zero-order chi connectivity index (χ0) is 11.3. The van der Waals surface area contributed by atoms with Crippen molar-refractivity contribution in [1.29, 1.82) is 0 Å². The fourth-order valence-corrected chi connectivity index (χ4v) is 3.13. The molecule has 0 amide bonds. The summed E-state index contributed by atoms with van der Waals surface area (Å²) in [6.45, 7) is 5.45. The Morgan fingerprint density at radius 1 is 1.38 bits per heavy atom. The molecule has 0 radical (unpaired) electrons. The van der Waals surface area contributed by atoms with E-state index in [4.69, 9.17) is 17.3 Å². The fraction of sp³-hybridized carbons (Fsp3) is 0.727. The van der Waals surface area contributed by atoms with Crippen LogP contribution < -0.4 is 5.73 Å². The molecule has 2 N–H and O–H groups in total. The number of fused-ring (bicyclic) bond motifs is 3. The molecule has 0 aromatic carbocycles. The maximum absolute atomic E-state index is 6.10. The second-order valence-corrected chi connectivity index (χ2v) is 5.31. The first kappa shape index (κ1) is 10.4. The molecule has 4 rings (SSSR count). The molecular formula is C11H17ClN4. The van der Waals surface area contributed by atoms with Gasteiger partial charge in [0.1, 0.15) is 10.8 Å². The predicted octanol–water partition coefficient (Wildman–Crippen LogP) is 1.69. The van der Waals surface area contributed by atoms with Crippen molar-refractivity contribution in [3.05, 3.63) is 10.7 Å². The molecule has 1 unspecified atom stereocenters. The standard InChI is InChI=1S/C11H17ClN4/c1-7-10(12)11(13)16(14-7)9-6-15-4-2-8(9)3-5-15/h8-9H,2-6,13H2,1H3. The number of halogens is 1. The summed E-state index contributed by atoms with van der Waals surface area (Å²) in [7, 11) is 0. The van der Waals surface area contributed by atoms with Crippen molar-refractivity contribution >= 4 is 17.4 Å². The third-order valence-corrected chi connectivity index (χ3v) is 4.45. The number of hydrogen-bond acceptors (Lipinski definition) is 3. The molecule has 2 bridgehead atoms. The topological polar surface area (TPSA) is 47.1 Å².